The van der Waals surface area contributed by atoms with Crippen LogP contribution in [0.1, 0.15) is 42.4 Å². The second-order valence-corrected chi connectivity index (χ2v) is 7.29. The number of hydrogen-bond acceptors (Lipinski definition) is 3. The van der Waals surface area contributed by atoms with E-state index in [0.29, 0.717) is 18.4 Å². The van der Waals surface area contributed by atoms with Crippen molar-refractivity contribution in [1.82, 2.24) is 4.90 Å². The highest BCUT2D eigenvalue weighted by Gasteiger charge is 2.48. The van der Waals surface area contributed by atoms with Crippen molar-refractivity contribution in [2.24, 2.45) is 0 Å². The van der Waals surface area contributed by atoms with E-state index in [1.807, 2.05) is 24.3 Å². The molecule has 2 aromatic carbocycles. The third kappa shape index (κ3) is 2.95. The minimum Gasteiger partial charge on any atom is -0.385 e. The molecule has 4 rings (SSSR count). The van der Waals surface area contributed by atoms with Gasteiger partial charge in [-0.25, -0.2) is 4.39 Å². The molecule has 2 aromatic rings. The molecule has 0 saturated carbocycles. The van der Waals surface area contributed by atoms with Crippen LogP contribution in [0.3, 0.4) is 0 Å². The van der Waals surface area contributed by atoms with Gasteiger partial charge in [-0.15, -0.1) is 0 Å². The van der Waals surface area contributed by atoms with Gasteiger partial charge in [-0.1, -0.05) is 36.4 Å². The molecule has 3 nitrogen and oxygen atoms in total. The fourth-order valence-corrected chi connectivity index (χ4v) is 4.55. The number of nitrogens with zero attached hydrogens (tertiary/aromatic N) is 2. The lowest BCUT2D eigenvalue weighted by atomic mass is 9.80. The van der Waals surface area contributed by atoms with Crippen LogP contribution >= 0.6 is 0 Å². The van der Waals surface area contributed by atoms with Crippen LogP contribution in [0.5, 0.6) is 0 Å². The van der Waals surface area contributed by atoms with Crippen LogP contribution in [0.15, 0.2) is 48.5 Å². The maximum Gasteiger partial charge on any atom is 0.130 e. The maximum atomic E-state index is 14.5. The lowest BCUT2D eigenvalue weighted by Crippen LogP contribution is -2.49. The second kappa shape index (κ2) is 6.25. The van der Waals surface area contributed by atoms with Crippen LogP contribution in [-0.4, -0.2) is 22.1 Å². The van der Waals surface area contributed by atoms with Gasteiger partial charge in [0.1, 0.15) is 5.82 Å². The van der Waals surface area contributed by atoms with E-state index < -0.39 is 11.4 Å². The molecule has 0 aliphatic carbocycles. The fraction of sp³-hybridized carbons (Fsp3) is 0.381. The number of hydrogen-bond donors (Lipinski definition) is 1. The van der Waals surface area contributed by atoms with Crippen LogP contribution in [0.25, 0.3) is 0 Å². The monoisotopic (exact) mass is 336 g/mol. The zero-order valence-corrected chi connectivity index (χ0v) is 14.0. The number of piperidine rings is 1. The van der Waals surface area contributed by atoms with Gasteiger partial charge in [0.15, 0.2) is 0 Å². The predicted molar refractivity (Wildman–Crippen MR) is 93.0 cm³/mol. The summed E-state index contributed by atoms with van der Waals surface area (Å²) in [7, 11) is 0. The Morgan fingerprint density at radius 2 is 1.80 bits per heavy atom. The van der Waals surface area contributed by atoms with Gasteiger partial charge in [-0.2, -0.15) is 5.26 Å². The summed E-state index contributed by atoms with van der Waals surface area (Å²) >= 11 is 0. The molecular formula is C21H21FN2O. The largest absolute Gasteiger partial charge is 0.385 e. The van der Waals surface area contributed by atoms with Crippen molar-refractivity contribution in [3.8, 4) is 6.07 Å². The molecule has 2 atom stereocenters. The Hall–Kier alpha value is -2.22. The Bertz CT molecular complexity index is 800. The molecule has 128 valence electrons. The summed E-state index contributed by atoms with van der Waals surface area (Å²) in [6, 6.07) is 17.2. The van der Waals surface area contributed by atoms with E-state index >= 15 is 0 Å². The molecule has 2 aliphatic heterocycles. The predicted octanol–water partition coefficient (Wildman–Crippen LogP) is 3.71. The number of nitriles is 1. The average Bonchev–Trinajstić information content (AvgIpc) is 2.86. The molecular weight excluding hydrogens is 315 g/mol. The highest BCUT2D eigenvalue weighted by atomic mass is 19.1. The van der Waals surface area contributed by atoms with E-state index in [1.54, 1.807) is 12.1 Å². The van der Waals surface area contributed by atoms with Crippen molar-refractivity contribution in [2.45, 2.75) is 49.9 Å². The van der Waals surface area contributed by atoms with Gasteiger partial charge in [-0.3, -0.25) is 4.90 Å². The van der Waals surface area contributed by atoms with Crippen molar-refractivity contribution in [3.05, 3.63) is 71.0 Å². The minimum atomic E-state index is -1.14. The van der Waals surface area contributed by atoms with Crippen molar-refractivity contribution in [3.63, 3.8) is 0 Å². The topological polar surface area (TPSA) is 47.3 Å². The molecule has 2 heterocycles. The molecule has 2 unspecified atom stereocenters. The van der Waals surface area contributed by atoms with E-state index in [0.717, 1.165) is 19.4 Å². The van der Waals surface area contributed by atoms with E-state index in [9.17, 15) is 9.50 Å². The van der Waals surface area contributed by atoms with E-state index in [1.165, 1.54) is 11.6 Å². The van der Waals surface area contributed by atoms with Crippen LogP contribution < -0.4 is 0 Å². The second-order valence-electron chi connectivity index (χ2n) is 7.29. The first-order valence-corrected chi connectivity index (χ1v) is 8.81. The highest BCUT2D eigenvalue weighted by Crippen LogP contribution is 2.46. The Kier molecular flexibility index (Phi) is 4.07. The molecule has 2 aliphatic rings. The van der Waals surface area contributed by atoms with Gasteiger partial charge in [0, 0.05) is 24.2 Å². The number of benzene rings is 2. The summed E-state index contributed by atoms with van der Waals surface area (Å²) in [6.07, 6.45) is 3.16. The summed E-state index contributed by atoms with van der Waals surface area (Å²) in [5.41, 5.74) is 0.753. The zero-order chi connectivity index (χ0) is 17.4. The number of aliphatic hydroxyl groups is 1. The first-order valence-electron chi connectivity index (χ1n) is 8.81. The molecule has 2 saturated heterocycles. The van der Waals surface area contributed by atoms with Crippen molar-refractivity contribution >= 4 is 0 Å². The van der Waals surface area contributed by atoms with E-state index in [4.69, 9.17) is 5.26 Å². The minimum absolute atomic E-state index is 0.263. The van der Waals surface area contributed by atoms with Gasteiger partial charge in [0.2, 0.25) is 0 Å². The van der Waals surface area contributed by atoms with Gasteiger partial charge in [0.05, 0.1) is 17.2 Å². The van der Waals surface area contributed by atoms with Gasteiger partial charge >= 0.3 is 0 Å². The van der Waals surface area contributed by atoms with Gasteiger partial charge in [-0.05, 0) is 43.4 Å². The first kappa shape index (κ1) is 16.3. The van der Waals surface area contributed by atoms with E-state index in [-0.39, 0.29) is 17.6 Å². The molecule has 25 heavy (non-hydrogen) atoms. The standard InChI is InChI=1S/C21H21FN2O/c22-20-10-16(13-23)6-9-19(20)21(25)11-17-7-8-18(12-21)24(17)14-15-4-2-1-3-5-15/h1-6,9-10,17-18,25H,7-8,11-12,14H2. The number of halogens is 1. The molecule has 0 aromatic heterocycles. The maximum absolute atomic E-state index is 14.5. The lowest BCUT2D eigenvalue weighted by molar-refractivity contribution is -0.0615. The third-order valence-electron chi connectivity index (χ3n) is 5.73. The molecule has 0 spiro atoms. The summed E-state index contributed by atoms with van der Waals surface area (Å²) in [6.45, 7) is 0.877. The molecule has 0 radical (unpaired) electrons. The smallest absolute Gasteiger partial charge is 0.130 e. The normalized spacial score (nSPS) is 28.7. The number of rotatable bonds is 3. The zero-order valence-electron chi connectivity index (χ0n) is 14.0. The molecule has 4 heteroatoms. The van der Waals surface area contributed by atoms with Gasteiger partial charge < -0.3 is 5.11 Å². The number of fused-ring (bicyclic) bond motifs is 2. The van der Waals surface area contributed by atoms with Crippen LogP contribution in [-0.2, 0) is 12.1 Å². The third-order valence-corrected chi connectivity index (χ3v) is 5.73. The van der Waals surface area contributed by atoms with Crippen molar-refractivity contribution in [1.29, 1.82) is 5.26 Å². The molecule has 0 amide bonds. The Balaban J connectivity index is 1.57. The summed E-state index contributed by atoms with van der Waals surface area (Å²) in [4.78, 5) is 2.46. The SMILES string of the molecule is N#Cc1ccc(C2(O)CC3CCC(C2)N3Cc2ccccc2)c(F)c1. The van der Waals surface area contributed by atoms with E-state index in [2.05, 4.69) is 17.0 Å². The molecule has 2 bridgehead atoms. The van der Waals surface area contributed by atoms with Crippen LogP contribution in [0.2, 0.25) is 0 Å². The molecule has 2 fully saturated rings. The average molecular weight is 336 g/mol. The fourth-order valence-electron chi connectivity index (χ4n) is 4.55. The quantitative estimate of drug-likeness (QED) is 0.929. The summed E-state index contributed by atoms with van der Waals surface area (Å²) in [5.74, 6) is -0.475. The van der Waals surface area contributed by atoms with Crippen LogP contribution in [0.4, 0.5) is 4.39 Å². The Morgan fingerprint density at radius 1 is 1.12 bits per heavy atom. The lowest BCUT2D eigenvalue weighted by Gasteiger charge is -2.44. The van der Waals surface area contributed by atoms with Crippen molar-refractivity contribution in [2.75, 3.05) is 0 Å². The summed E-state index contributed by atoms with van der Waals surface area (Å²) < 4.78 is 14.5. The highest BCUT2D eigenvalue weighted by molar-refractivity contribution is 5.36. The Morgan fingerprint density at radius 3 is 2.40 bits per heavy atom. The first-order chi connectivity index (χ1) is 12.1. The Labute approximate surface area is 147 Å². The molecule has 1 N–H and O–H groups in total. The van der Waals surface area contributed by atoms with Gasteiger partial charge in [0.25, 0.3) is 0 Å². The summed E-state index contributed by atoms with van der Waals surface area (Å²) in [5, 5.41) is 20.1. The van der Waals surface area contributed by atoms with Crippen LogP contribution in [0, 0.1) is 17.1 Å². The van der Waals surface area contributed by atoms with Crippen molar-refractivity contribution < 1.29 is 9.50 Å².